The van der Waals surface area contributed by atoms with E-state index in [4.69, 9.17) is 11.6 Å². The lowest BCUT2D eigenvalue weighted by Crippen LogP contribution is -1.97. The highest BCUT2D eigenvalue weighted by molar-refractivity contribution is 6.30. The van der Waals surface area contributed by atoms with Gasteiger partial charge in [0.2, 0.25) is 0 Å². The van der Waals surface area contributed by atoms with Gasteiger partial charge in [-0.1, -0.05) is 11.6 Å². The fraction of sp³-hybridized carbons (Fsp3) is 0.200. The molecule has 0 amide bonds. The zero-order valence-corrected chi connectivity index (χ0v) is 11.3. The van der Waals surface area contributed by atoms with Gasteiger partial charge in [0.05, 0.1) is 21.9 Å². The minimum absolute atomic E-state index is 0.116. The average molecular weight is 288 g/mol. The summed E-state index contributed by atoms with van der Waals surface area (Å²) in [7, 11) is 0. The van der Waals surface area contributed by atoms with Gasteiger partial charge in [-0.3, -0.25) is 4.98 Å². The molecule has 0 unspecified atom stereocenters. The molecule has 1 fully saturated rings. The minimum Gasteiger partial charge on any atom is -0.253 e. The Morgan fingerprint density at radius 2 is 2.10 bits per heavy atom. The van der Waals surface area contributed by atoms with Crippen molar-refractivity contribution in [2.45, 2.75) is 18.8 Å². The zero-order valence-electron chi connectivity index (χ0n) is 10.6. The van der Waals surface area contributed by atoms with Crippen molar-refractivity contribution in [1.82, 2.24) is 14.8 Å². The second kappa shape index (κ2) is 4.28. The van der Waals surface area contributed by atoms with E-state index in [0.29, 0.717) is 11.6 Å². The highest BCUT2D eigenvalue weighted by Gasteiger charge is 2.30. The Labute approximate surface area is 120 Å². The van der Waals surface area contributed by atoms with Crippen LogP contribution in [0.1, 0.15) is 24.5 Å². The number of hydrogen-bond acceptors (Lipinski definition) is 2. The standard InChI is InChI=1S/C15H11ClFN3/c16-11-6-5-10(8-12(11)17)20-13-2-1-7-18-15(13)14(19-20)9-3-4-9/h1-2,5-9H,3-4H2. The largest absolute Gasteiger partial charge is 0.253 e. The highest BCUT2D eigenvalue weighted by atomic mass is 35.5. The third-order valence-corrected chi connectivity index (χ3v) is 3.88. The molecule has 0 spiro atoms. The number of rotatable bonds is 2. The SMILES string of the molecule is Fc1cc(-n2nc(C3CC3)c3ncccc32)ccc1Cl. The van der Waals surface area contributed by atoms with Crippen molar-refractivity contribution in [3.8, 4) is 5.69 Å². The first-order chi connectivity index (χ1) is 9.74. The van der Waals surface area contributed by atoms with E-state index in [0.717, 1.165) is 29.6 Å². The highest BCUT2D eigenvalue weighted by Crippen LogP contribution is 2.42. The fourth-order valence-corrected chi connectivity index (χ4v) is 2.54. The Bertz CT molecular complexity index is 808. The summed E-state index contributed by atoms with van der Waals surface area (Å²) in [5, 5.41) is 4.75. The quantitative estimate of drug-likeness (QED) is 0.711. The summed E-state index contributed by atoms with van der Waals surface area (Å²) in [6.45, 7) is 0. The van der Waals surface area contributed by atoms with Crippen molar-refractivity contribution >= 4 is 22.6 Å². The molecule has 2 heterocycles. The molecule has 0 saturated heterocycles. The molecule has 0 N–H and O–H groups in total. The Morgan fingerprint density at radius 1 is 1.25 bits per heavy atom. The topological polar surface area (TPSA) is 30.7 Å². The summed E-state index contributed by atoms with van der Waals surface area (Å²) in [4.78, 5) is 4.43. The summed E-state index contributed by atoms with van der Waals surface area (Å²) >= 11 is 5.73. The van der Waals surface area contributed by atoms with Crippen LogP contribution in [0, 0.1) is 5.82 Å². The lowest BCUT2D eigenvalue weighted by atomic mass is 10.2. The molecule has 0 atom stereocenters. The van der Waals surface area contributed by atoms with Gasteiger partial charge < -0.3 is 0 Å². The second-order valence-electron chi connectivity index (χ2n) is 5.04. The molecule has 0 aliphatic heterocycles. The van der Waals surface area contributed by atoms with Crippen LogP contribution in [0.4, 0.5) is 4.39 Å². The van der Waals surface area contributed by atoms with Crippen LogP contribution in [0.3, 0.4) is 0 Å². The molecule has 1 aliphatic rings. The van der Waals surface area contributed by atoms with Crippen LogP contribution >= 0.6 is 11.6 Å². The number of benzene rings is 1. The van der Waals surface area contributed by atoms with Crippen LogP contribution in [0.15, 0.2) is 36.5 Å². The van der Waals surface area contributed by atoms with Crippen molar-refractivity contribution in [3.05, 3.63) is 53.1 Å². The third-order valence-electron chi connectivity index (χ3n) is 3.58. The van der Waals surface area contributed by atoms with Gasteiger partial charge in [-0.2, -0.15) is 5.10 Å². The molecule has 20 heavy (non-hydrogen) atoms. The van der Waals surface area contributed by atoms with E-state index < -0.39 is 5.82 Å². The van der Waals surface area contributed by atoms with Crippen molar-refractivity contribution in [2.24, 2.45) is 0 Å². The number of pyridine rings is 1. The average Bonchev–Trinajstić information content (AvgIpc) is 3.23. The summed E-state index contributed by atoms with van der Waals surface area (Å²) in [5.41, 5.74) is 3.48. The first-order valence-electron chi connectivity index (χ1n) is 6.53. The summed E-state index contributed by atoms with van der Waals surface area (Å²) in [5.74, 6) is 0.0514. The number of fused-ring (bicyclic) bond motifs is 1. The molecule has 1 aliphatic carbocycles. The fourth-order valence-electron chi connectivity index (χ4n) is 2.42. The Hall–Kier alpha value is -1.94. The maximum atomic E-state index is 13.7. The van der Waals surface area contributed by atoms with Crippen molar-refractivity contribution in [2.75, 3.05) is 0 Å². The maximum absolute atomic E-state index is 13.7. The van der Waals surface area contributed by atoms with Crippen molar-refractivity contribution in [1.29, 1.82) is 0 Å². The lowest BCUT2D eigenvalue weighted by molar-refractivity contribution is 0.626. The Balaban J connectivity index is 1.96. The van der Waals surface area contributed by atoms with Gasteiger partial charge in [0.25, 0.3) is 0 Å². The smallest absolute Gasteiger partial charge is 0.143 e. The van der Waals surface area contributed by atoms with Crippen LogP contribution in [-0.4, -0.2) is 14.8 Å². The van der Waals surface area contributed by atoms with Gasteiger partial charge in [0.1, 0.15) is 11.3 Å². The summed E-state index contributed by atoms with van der Waals surface area (Å²) in [6.07, 6.45) is 4.07. The van der Waals surface area contributed by atoms with Crippen molar-refractivity contribution < 1.29 is 4.39 Å². The van der Waals surface area contributed by atoms with Crippen LogP contribution in [0.2, 0.25) is 5.02 Å². The van der Waals surface area contributed by atoms with Gasteiger partial charge in [0, 0.05) is 18.2 Å². The zero-order chi connectivity index (χ0) is 13.7. The van der Waals surface area contributed by atoms with Gasteiger partial charge in [-0.25, -0.2) is 9.07 Å². The molecule has 2 aromatic heterocycles. The van der Waals surface area contributed by atoms with Gasteiger partial charge >= 0.3 is 0 Å². The molecule has 3 nitrogen and oxygen atoms in total. The minimum atomic E-state index is -0.440. The van der Waals surface area contributed by atoms with E-state index in [2.05, 4.69) is 10.1 Å². The van der Waals surface area contributed by atoms with E-state index >= 15 is 0 Å². The molecular formula is C15H11ClFN3. The molecule has 5 heteroatoms. The van der Waals surface area contributed by atoms with E-state index in [-0.39, 0.29) is 5.02 Å². The van der Waals surface area contributed by atoms with Gasteiger partial charge in [-0.05, 0) is 37.1 Å². The number of halogens is 2. The van der Waals surface area contributed by atoms with E-state index in [1.165, 1.54) is 6.07 Å². The second-order valence-corrected chi connectivity index (χ2v) is 5.45. The van der Waals surface area contributed by atoms with E-state index in [1.807, 2.05) is 12.1 Å². The van der Waals surface area contributed by atoms with Crippen LogP contribution in [0.5, 0.6) is 0 Å². The molecule has 0 bridgehead atoms. The monoisotopic (exact) mass is 287 g/mol. The Kier molecular flexibility index (Phi) is 2.54. The number of nitrogens with zero attached hydrogens (tertiary/aromatic N) is 3. The van der Waals surface area contributed by atoms with Crippen LogP contribution in [-0.2, 0) is 0 Å². The molecule has 0 radical (unpaired) electrons. The molecule has 4 rings (SSSR count). The van der Waals surface area contributed by atoms with E-state index in [1.54, 1.807) is 23.0 Å². The molecule has 1 aromatic carbocycles. The lowest BCUT2D eigenvalue weighted by Gasteiger charge is -2.04. The van der Waals surface area contributed by atoms with Crippen molar-refractivity contribution in [3.63, 3.8) is 0 Å². The first kappa shape index (κ1) is 11.9. The maximum Gasteiger partial charge on any atom is 0.143 e. The summed E-state index contributed by atoms with van der Waals surface area (Å²) in [6, 6.07) is 8.53. The molecule has 3 aromatic rings. The first-order valence-corrected chi connectivity index (χ1v) is 6.91. The Morgan fingerprint density at radius 3 is 2.85 bits per heavy atom. The van der Waals surface area contributed by atoms with E-state index in [9.17, 15) is 4.39 Å². The molecule has 1 saturated carbocycles. The number of hydrogen-bond donors (Lipinski definition) is 0. The summed E-state index contributed by atoms with van der Waals surface area (Å²) < 4.78 is 15.4. The predicted octanol–water partition coefficient (Wildman–Crippen LogP) is 4.09. The number of aromatic nitrogens is 3. The van der Waals surface area contributed by atoms with Crippen LogP contribution in [0.25, 0.3) is 16.7 Å². The van der Waals surface area contributed by atoms with Crippen LogP contribution < -0.4 is 0 Å². The van der Waals surface area contributed by atoms with Gasteiger partial charge in [0.15, 0.2) is 0 Å². The molecule has 100 valence electrons. The molecular weight excluding hydrogens is 277 g/mol. The third kappa shape index (κ3) is 1.79. The normalized spacial score (nSPS) is 14.9. The van der Waals surface area contributed by atoms with Gasteiger partial charge in [-0.15, -0.1) is 0 Å². The predicted molar refractivity (Wildman–Crippen MR) is 75.8 cm³/mol.